The van der Waals surface area contributed by atoms with E-state index in [-0.39, 0.29) is 12.0 Å². The van der Waals surface area contributed by atoms with Crippen molar-refractivity contribution in [2.75, 3.05) is 39.0 Å². The molecule has 1 aliphatic heterocycles. The fraction of sp³-hybridized carbons (Fsp3) is 0.429. The molecule has 2 N–H and O–H groups in total. The number of hydrogen-bond donors (Lipinski definition) is 1. The lowest BCUT2D eigenvalue weighted by molar-refractivity contribution is 0.0600. The first kappa shape index (κ1) is 14.2. The van der Waals surface area contributed by atoms with Gasteiger partial charge in [-0.05, 0) is 24.6 Å². The van der Waals surface area contributed by atoms with Gasteiger partial charge in [-0.3, -0.25) is 4.79 Å². The summed E-state index contributed by atoms with van der Waals surface area (Å²) in [6.07, 6.45) is -0.350. The molecule has 0 radical (unpaired) electrons. The Hall–Kier alpha value is -2.24. The van der Waals surface area contributed by atoms with E-state index in [2.05, 4.69) is 4.74 Å². The van der Waals surface area contributed by atoms with Crippen molar-refractivity contribution in [1.82, 2.24) is 9.80 Å². The molecule has 1 aromatic rings. The molecule has 2 amide bonds. The van der Waals surface area contributed by atoms with Crippen LogP contribution < -0.4 is 5.73 Å². The lowest BCUT2D eigenvalue weighted by atomic mass is 10.1. The van der Waals surface area contributed by atoms with Gasteiger partial charge in [-0.2, -0.15) is 0 Å². The molecule has 108 valence electrons. The Kier molecular flexibility index (Phi) is 4.12. The molecule has 0 saturated carbocycles. The summed E-state index contributed by atoms with van der Waals surface area (Å²) in [6.45, 7) is 3.88. The predicted octanol–water partition coefficient (Wildman–Crippen LogP) is 1.10. The maximum absolute atomic E-state index is 12.3. The van der Waals surface area contributed by atoms with Gasteiger partial charge in [0.15, 0.2) is 0 Å². The van der Waals surface area contributed by atoms with Crippen molar-refractivity contribution in [3.05, 3.63) is 29.3 Å². The zero-order valence-corrected chi connectivity index (χ0v) is 11.8. The van der Waals surface area contributed by atoms with Crippen LogP contribution in [0.1, 0.15) is 15.9 Å². The summed E-state index contributed by atoms with van der Waals surface area (Å²) in [5.74, 6) is -0.0544. The Bertz CT molecular complexity index is 522. The average molecular weight is 277 g/mol. The molecule has 0 aromatic heterocycles. The quantitative estimate of drug-likeness (QED) is 0.780. The number of piperazine rings is 1. The number of rotatable bonds is 1. The predicted molar refractivity (Wildman–Crippen MR) is 75.5 cm³/mol. The van der Waals surface area contributed by atoms with Crippen molar-refractivity contribution < 1.29 is 14.3 Å². The molecule has 2 rings (SSSR count). The molecule has 6 heteroatoms. The first-order valence-corrected chi connectivity index (χ1v) is 6.51. The van der Waals surface area contributed by atoms with E-state index in [1.807, 2.05) is 13.0 Å². The molecule has 0 bridgehead atoms. The number of methoxy groups -OCH3 is 1. The third-order valence-corrected chi connectivity index (χ3v) is 3.53. The van der Waals surface area contributed by atoms with Crippen LogP contribution in [-0.4, -0.2) is 55.1 Å². The Morgan fingerprint density at radius 3 is 2.30 bits per heavy atom. The van der Waals surface area contributed by atoms with Crippen LogP contribution >= 0.6 is 0 Å². The van der Waals surface area contributed by atoms with Gasteiger partial charge in [0.2, 0.25) is 0 Å². The zero-order valence-electron chi connectivity index (χ0n) is 11.8. The number of carbonyl (C=O) groups excluding carboxylic acids is 2. The fourth-order valence-corrected chi connectivity index (χ4v) is 2.18. The molecular weight excluding hydrogens is 258 g/mol. The van der Waals surface area contributed by atoms with E-state index in [4.69, 9.17) is 5.73 Å². The van der Waals surface area contributed by atoms with Gasteiger partial charge >= 0.3 is 6.09 Å². The Balaban J connectivity index is 2.01. The van der Waals surface area contributed by atoms with Crippen LogP contribution in [0.5, 0.6) is 0 Å². The van der Waals surface area contributed by atoms with Gasteiger partial charge in [-0.25, -0.2) is 4.79 Å². The number of aryl methyl sites for hydroxylation is 1. The summed E-state index contributed by atoms with van der Waals surface area (Å²) in [5, 5.41) is 0. The third kappa shape index (κ3) is 2.84. The van der Waals surface area contributed by atoms with Crippen molar-refractivity contribution in [2.45, 2.75) is 6.92 Å². The number of hydrogen-bond acceptors (Lipinski definition) is 4. The zero-order chi connectivity index (χ0) is 14.7. The van der Waals surface area contributed by atoms with Crippen LogP contribution in [0.25, 0.3) is 0 Å². The van der Waals surface area contributed by atoms with Crippen molar-refractivity contribution in [1.29, 1.82) is 0 Å². The number of nitrogen functional groups attached to an aromatic ring is 1. The van der Waals surface area contributed by atoms with Crippen LogP contribution in [0, 0.1) is 6.92 Å². The van der Waals surface area contributed by atoms with Crippen molar-refractivity contribution in [3.8, 4) is 0 Å². The van der Waals surface area contributed by atoms with Crippen LogP contribution in [-0.2, 0) is 4.74 Å². The first-order chi connectivity index (χ1) is 9.52. The molecule has 1 heterocycles. The van der Waals surface area contributed by atoms with Gasteiger partial charge < -0.3 is 20.3 Å². The van der Waals surface area contributed by atoms with Crippen LogP contribution in [0.4, 0.5) is 10.5 Å². The number of amides is 2. The average Bonchev–Trinajstić information content (AvgIpc) is 2.48. The molecule has 0 aliphatic carbocycles. The van der Waals surface area contributed by atoms with Gasteiger partial charge in [0, 0.05) is 37.4 Å². The summed E-state index contributed by atoms with van der Waals surface area (Å²) in [4.78, 5) is 27.0. The van der Waals surface area contributed by atoms with E-state index in [0.29, 0.717) is 37.4 Å². The number of nitrogens with zero attached hydrogens (tertiary/aromatic N) is 2. The van der Waals surface area contributed by atoms with E-state index in [1.165, 1.54) is 7.11 Å². The van der Waals surface area contributed by atoms with E-state index < -0.39 is 0 Å². The highest BCUT2D eigenvalue weighted by molar-refractivity contribution is 5.95. The van der Waals surface area contributed by atoms with E-state index in [9.17, 15) is 9.59 Å². The highest BCUT2D eigenvalue weighted by Crippen LogP contribution is 2.15. The molecule has 1 aliphatic rings. The number of ether oxygens (including phenoxy) is 1. The first-order valence-electron chi connectivity index (χ1n) is 6.51. The molecular formula is C14H19N3O3. The van der Waals surface area contributed by atoms with Crippen LogP contribution in [0.2, 0.25) is 0 Å². The molecule has 1 saturated heterocycles. The minimum Gasteiger partial charge on any atom is -0.453 e. The van der Waals surface area contributed by atoms with Crippen molar-refractivity contribution >= 4 is 17.7 Å². The van der Waals surface area contributed by atoms with E-state index in [0.717, 1.165) is 5.56 Å². The van der Waals surface area contributed by atoms with Gasteiger partial charge in [0.25, 0.3) is 5.91 Å². The molecule has 0 spiro atoms. The SMILES string of the molecule is COC(=O)N1CCN(C(=O)c2ccc(C)c(N)c2)CC1. The highest BCUT2D eigenvalue weighted by atomic mass is 16.5. The molecule has 0 atom stereocenters. The maximum atomic E-state index is 12.3. The summed E-state index contributed by atoms with van der Waals surface area (Å²) >= 11 is 0. The number of carbonyl (C=O) groups is 2. The van der Waals surface area contributed by atoms with Gasteiger partial charge in [0.05, 0.1) is 7.11 Å². The largest absolute Gasteiger partial charge is 0.453 e. The summed E-state index contributed by atoms with van der Waals surface area (Å²) in [7, 11) is 1.36. The Labute approximate surface area is 118 Å². The minimum absolute atomic E-state index is 0.0544. The topological polar surface area (TPSA) is 75.9 Å². The standard InChI is InChI=1S/C14H19N3O3/c1-10-3-4-11(9-12(10)15)13(18)16-5-7-17(8-6-16)14(19)20-2/h3-4,9H,5-8,15H2,1-2H3. The Morgan fingerprint density at radius 1 is 1.15 bits per heavy atom. The van der Waals surface area contributed by atoms with Crippen molar-refractivity contribution in [3.63, 3.8) is 0 Å². The van der Waals surface area contributed by atoms with Gasteiger partial charge in [-0.15, -0.1) is 0 Å². The maximum Gasteiger partial charge on any atom is 0.409 e. The molecule has 0 unspecified atom stereocenters. The second kappa shape index (κ2) is 5.81. The van der Waals surface area contributed by atoms with E-state index in [1.54, 1.807) is 21.9 Å². The van der Waals surface area contributed by atoms with E-state index >= 15 is 0 Å². The molecule has 20 heavy (non-hydrogen) atoms. The van der Waals surface area contributed by atoms with Crippen LogP contribution in [0.15, 0.2) is 18.2 Å². The molecule has 1 aromatic carbocycles. The molecule has 6 nitrogen and oxygen atoms in total. The lowest BCUT2D eigenvalue weighted by Crippen LogP contribution is -2.50. The van der Waals surface area contributed by atoms with Gasteiger partial charge in [0.1, 0.15) is 0 Å². The van der Waals surface area contributed by atoms with Crippen LogP contribution in [0.3, 0.4) is 0 Å². The smallest absolute Gasteiger partial charge is 0.409 e. The summed E-state index contributed by atoms with van der Waals surface area (Å²) < 4.78 is 4.67. The number of benzene rings is 1. The molecule has 1 fully saturated rings. The van der Waals surface area contributed by atoms with Crippen molar-refractivity contribution in [2.24, 2.45) is 0 Å². The monoisotopic (exact) mass is 277 g/mol. The lowest BCUT2D eigenvalue weighted by Gasteiger charge is -2.33. The summed E-state index contributed by atoms with van der Waals surface area (Å²) in [6, 6.07) is 5.32. The highest BCUT2D eigenvalue weighted by Gasteiger charge is 2.25. The second-order valence-corrected chi connectivity index (χ2v) is 4.82. The minimum atomic E-state index is -0.350. The third-order valence-electron chi connectivity index (χ3n) is 3.53. The van der Waals surface area contributed by atoms with Gasteiger partial charge in [-0.1, -0.05) is 6.07 Å². The number of nitrogens with two attached hydrogens (primary N) is 1. The number of anilines is 1. The fourth-order valence-electron chi connectivity index (χ4n) is 2.18. The second-order valence-electron chi connectivity index (χ2n) is 4.82. The Morgan fingerprint density at radius 2 is 1.75 bits per heavy atom. The normalized spacial score (nSPS) is 15.1. The summed E-state index contributed by atoms with van der Waals surface area (Å²) in [5.41, 5.74) is 7.98.